The van der Waals surface area contributed by atoms with Gasteiger partial charge in [0.2, 0.25) is 11.8 Å². The topological polar surface area (TPSA) is 61.9 Å². The molecule has 2 fully saturated rings. The summed E-state index contributed by atoms with van der Waals surface area (Å²) in [5.74, 6) is -0.0164. The highest BCUT2D eigenvalue weighted by Crippen LogP contribution is 2.30. The van der Waals surface area contributed by atoms with Gasteiger partial charge in [0.05, 0.1) is 31.8 Å². The predicted octanol–water partition coefficient (Wildman–Crippen LogP) is 0.795. The average Bonchev–Trinajstić information content (AvgIpc) is 2.58. The van der Waals surface area contributed by atoms with Gasteiger partial charge in [0, 0.05) is 13.1 Å². The van der Waals surface area contributed by atoms with E-state index in [1.165, 1.54) is 0 Å². The Bertz CT molecular complexity index is 592. The molecule has 0 spiro atoms. The molecule has 3 rings (SSSR count). The number of carbonyl (C=O) groups is 2. The highest BCUT2D eigenvalue weighted by molar-refractivity contribution is 5.86. The van der Waals surface area contributed by atoms with Crippen molar-refractivity contribution in [2.75, 3.05) is 32.8 Å². The Kier molecular flexibility index (Phi) is 5.16. The molecule has 0 bridgehead atoms. The van der Waals surface area contributed by atoms with Crippen LogP contribution < -0.4 is 5.32 Å². The molecule has 2 aliphatic heterocycles. The Morgan fingerprint density at radius 3 is 2.75 bits per heavy atom. The van der Waals surface area contributed by atoms with Crippen LogP contribution in [0.3, 0.4) is 0 Å². The van der Waals surface area contributed by atoms with E-state index in [1.54, 1.807) is 4.90 Å². The lowest BCUT2D eigenvalue weighted by atomic mass is 9.98. The third-order valence-electron chi connectivity index (χ3n) is 4.80. The number of morpholine rings is 1. The van der Waals surface area contributed by atoms with Crippen LogP contribution in [0.1, 0.15) is 25.5 Å². The second-order valence-corrected chi connectivity index (χ2v) is 6.55. The lowest BCUT2D eigenvalue weighted by Gasteiger charge is -2.44. The maximum absolute atomic E-state index is 12.9. The summed E-state index contributed by atoms with van der Waals surface area (Å²) >= 11 is 0. The smallest absolute Gasteiger partial charge is 0.242 e. The van der Waals surface area contributed by atoms with Gasteiger partial charge in [-0.2, -0.15) is 0 Å². The lowest BCUT2D eigenvalue weighted by molar-refractivity contribution is -0.157. The van der Waals surface area contributed by atoms with Crippen molar-refractivity contribution < 1.29 is 14.3 Å². The van der Waals surface area contributed by atoms with Gasteiger partial charge in [0.1, 0.15) is 6.10 Å². The molecule has 130 valence electrons. The predicted molar refractivity (Wildman–Crippen MR) is 90.4 cm³/mol. The Morgan fingerprint density at radius 1 is 1.29 bits per heavy atom. The van der Waals surface area contributed by atoms with Gasteiger partial charge in [-0.05, 0) is 19.4 Å². The third-order valence-corrected chi connectivity index (χ3v) is 4.80. The summed E-state index contributed by atoms with van der Waals surface area (Å²) in [6.07, 6.45) is -0.134. The van der Waals surface area contributed by atoms with Crippen LogP contribution in [0.4, 0.5) is 0 Å². The summed E-state index contributed by atoms with van der Waals surface area (Å²) in [4.78, 5) is 28.3. The van der Waals surface area contributed by atoms with Gasteiger partial charge < -0.3 is 19.9 Å². The number of piperazine rings is 1. The summed E-state index contributed by atoms with van der Waals surface area (Å²) < 4.78 is 6.00. The Balaban J connectivity index is 1.72. The number of nitrogens with zero attached hydrogens (tertiary/aromatic N) is 2. The molecule has 1 N–H and O–H groups in total. The van der Waals surface area contributed by atoms with Crippen LogP contribution in [0.2, 0.25) is 0 Å². The Morgan fingerprint density at radius 2 is 2.04 bits per heavy atom. The van der Waals surface area contributed by atoms with Crippen LogP contribution >= 0.6 is 0 Å². The SMILES string of the molecule is C[C@@H]1CO[C@@H](c2ccccc2)[C@@H](C)N1C(=O)CN1CCNCC1=O. The number of amides is 2. The quantitative estimate of drug-likeness (QED) is 0.890. The largest absolute Gasteiger partial charge is 0.369 e. The molecule has 3 atom stereocenters. The molecule has 0 saturated carbocycles. The summed E-state index contributed by atoms with van der Waals surface area (Å²) in [5, 5.41) is 3.03. The van der Waals surface area contributed by atoms with Gasteiger partial charge >= 0.3 is 0 Å². The monoisotopic (exact) mass is 331 g/mol. The van der Waals surface area contributed by atoms with E-state index in [9.17, 15) is 9.59 Å². The Hall–Kier alpha value is -1.92. The molecule has 1 aromatic rings. The molecule has 0 unspecified atom stereocenters. The molecule has 2 saturated heterocycles. The first kappa shape index (κ1) is 16.9. The fraction of sp³-hybridized carbons (Fsp3) is 0.556. The average molecular weight is 331 g/mol. The number of hydrogen-bond acceptors (Lipinski definition) is 4. The fourth-order valence-electron chi connectivity index (χ4n) is 3.56. The molecule has 6 nitrogen and oxygen atoms in total. The van der Waals surface area contributed by atoms with Crippen molar-refractivity contribution in [3.63, 3.8) is 0 Å². The van der Waals surface area contributed by atoms with Crippen molar-refractivity contribution in [3.05, 3.63) is 35.9 Å². The van der Waals surface area contributed by atoms with E-state index in [0.29, 0.717) is 19.7 Å². The van der Waals surface area contributed by atoms with Crippen molar-refractivity contribution in [2.24, 2.45) is 0 Å². The number of ether oxygens (including phenoxy) is 1. The number of hydrogen-bond donors (Lipinski definition) is 1. The minimum atomic E-state index is -0.134. The second kappa shape index (κ2) is 7.32. The van der Waals surface area contributed by atoms with E-state index in [-0.39, 0.29) is 36.5 Å². The molecule has 24 heavy (non-hydrogen) atoms. The zero-order valence-corrected chi connectivity index (χ0v) is 14.3. The summed E-state index contributed by atoms with van der Waals surface area (Å²) in [6, 6.07) is 9.93. The second-order valence-electron chi connectivity index (χ2n) is 6.55. The van der Waals surface area contributed by atoms with Crippen LogP contribution in [0.5, 0.6) is 0 Å². The van der Waals surface area contributed by atoms with Crippen molar-refractivity contribution in [3.8, 4) is 0 Å². The first-order valence-corrected chi connectivity index (χ1v) is 8.54. The maximum Gasteiger partial charge on any atom is 0.242 e. The third kappa shape index (κ3) is 3.44. The minimum Gasteiger partial charge on any atom is -0.369 e. The lowest BCUT2D eigenvalue weighted by Crippen LogP contribution is -2.58. The molecule has 6 heteroatoms. The van der Waals surface area contributed by atoms with Crippen LogP contribution in [-0.4, -0.2) is 66.5 Å². The van der Waals surface area contributed by atoms with Crippen molar-refractivity contribution in [1.82, 2.24) is 15.1 Å². The molecule has 1 aromatic carbocycles. The van der Waals surface area contributed by atoms with Gasteiger partial charge in [-0.3, -0.25) is 9.59 Å². The molecule has 2 aliphatic rings. The highest BCUT2D eigenvalue weighted by Gasteiger charge is 2.37. The summed E-state index contributed by atoms with van der Waals surface area (Å²) in [6.45, 7) is 6.30. The standard InChI is InChI=1S/C18H25N3O3/c1-13-12-24-18(15-6-4-3-5-7-15)14(2)21(13)17(23)11-20-9-8-19-10-16(20)22/h3-7,13-14,18-19H,8-12H2,1-2H3/t13-,14-,18-/m1/s1. The minimum absolute atomic E-state index is 0.00507. The molecule has 2 heterocycles. The molecular weight excluding hydrogens is 306 g/mol. The van der Waals surface area contributed by atoms with E-state index < -0.39 is 0 Å². The van der Waals surface area contributed by atoms with Crippen molar-refractivity contribution >= 4 is 11.8 Å². The Labute approximate surface area is 142 Å². The van der Waals surface area contributed by atoms with E-state index in [4.69, 9.17) is 4.74 Å². The van der Waals surface area contributed by atoms with Gasteiger partial charge in [0.25, 0.3) is 0 Å². The molecule has 2 amide bonds. The normalized spacial score (nSPS) is 28.1. The highest BCUT2D eigenvalue weighted by atomic mass is 16.5. The molecule has 0 aliphatic carbocycles. The summed E-state index contributed by atoms with van der Waals surface area (Å²) in [7, 11) is 0. The fourth-order valence-corrected chi connectivity index (χ4v) is 3.56. The maximum atomic E-state index is 12.9. The zero-order valence-electron chi connectivity index (χ0n) is 14.3. The summed E-state index contributed by atoms with van der Waals surface area (Å²) in [5.41, 5.74) is 1.08. The molecular formula is C18H25N3O3. The van der Waals surface area contributed by atoms with Gasteiger partial charge in [0.15, 0.2) is 0 Å². The number of carbonyl (C=O) groups excluding carboxylic acids is 2. The van der Waals surface area contributed by atoms with Crippen molar-refractivity contribution in [1.29, 1.82) is 0 Å². The van der Waals surface area contributed by atoms with Crippen LogP contribution in [0, 0.1) is 0 Å². The van der Waals surface area contributed by atoms with Crippen LogP contribution in [0.25, 0.3) is 0 Å². The van der Waals surface area contributed by atoms with E-state index in [0.717, 1.165) is 12.1 Å². The number of rotatable bonds is 3. The van der Waals surface area contributed by atoms with Gasteiger partial charge in [-0.1, -0.05) is 30.3 Å². The zero-order chi connectivity index (χ0) is 17.1. The number of nitrogens with one attached hydrogen (secondary N) is 1. The van der Waals surface area contributed by atoms with Crippen LogP contribution in [-0.2, 0) is 14.3 Å². The number of benzene rings is 1. The van der Waals surface area contributed by atoms with Gasteiger partial charge in [-0.15, -0.1) is 0 Å². The first-order chi connectivity index (χ1) is 11.6. The van der Waals surface area contributed by atoms with E-state index in [2.05, 4.69) is 5.32 Å². The molecule has 0 aromatic heterocycles. The molecule has 0 radical (unpaired) electrons. The first-order valence-electron chi connectivity index (χ1n) is 8.54. The van der Waals surface area contributed by atoms with Crippen LogP contribution in [0.15, 0.2) is 30.3 Å². The van der Waals surface area contributed by atoms with E-state index >= 15 is 0 Å². The van der Waals surface area contributed by atoms with E-state index in [1.807, 2.05) is 49.1 Å². The van der Waals surface area contributed by atoms with Gasteiger partial charge in [-0.25, -0.2) is 0 Å². The van der Waals surface area contributed by atoms with Crippen molar-refractivity contribution in [2.45, 2.75) is 32.0 Å².